The van der Waals surface area contributed by atoms with E-state index in [4.69, 9.17) is 4.43 Å². The highest BCUT2D eigenvalue weighted by Gasteiger charge is 2.30. The Morgan fingerprint density at radius 3 is 1.80 bits per heavy atom. The van der Waals surface area contributed by atoms with Crippen molar-refractivity contribution in [2.45, 2.75) is 37.9 Å². The lowest BCUT2D eigenvalue weighted by Gasteiger charge is -2.28. The van der Waals surface area contributed by atoms with Gasteiger partial charge in [-0.3, -0.25) is 0 Å². The summed E-state index contributed by atoms with van der Waals surface area (Å²) in [6.07, 6.45) is 8.25. The lowest BCUT2D eigenvalue weighted by atomic mass is 10.4. The molecular formula is C13H24OSi. The van der Waals surface area contributed by atoms with Gasteiger partial charge in [-0.15, -0.1) is 19.7 Å². The SMILES string of the molecule is C=CC[Si](CC=C)(CC=C)OCCCC. The zero-order valence-corrected chi connectivity index (χ0v) is 11.0. The molecule has 0 rings (SSSR count). The molecule has 0 bridgehead atoms. The van der Waals surface area contributed by atoms with E-state index in [2.05, 4.69) is 26.7 Å². The third-order valence-electron chi connectivity index (χ3n) is 2.46. The van der Waals surface area contributed by atoms with Crippen LogP contribution in [0, 0.1) is 0 Å². The van der Waals surface area contributed by atoms with Crippen molar-refractivity contribution in [1.29, 1.82) is 0 Å². The first-order chi connectivity index (χ1) is 7.24. The van der Waals surface area contributed by atoms with Crippen LogP contribution in [0.2, 0.25) is 18.1 Å². The van der Waals surface area contributed by atoms with Gasteiger partial charge in [0.05, 0.1) is 0 Å². The minimum atomic E-state index is -1.69. The minimum absolute atomic E-state index is 0.873. The topological polar surface area (TPSA) is 9.23 Å². The Bertz CT molecular complexity index is 172. The first kappa shape index (κ1) is 14.4. The first-order valence-electron chi connectivity index (χ1n) is 5.71. The van der Waals surface area contributed by atoms with Crippen LogP contribution in [0.25, 0.3) is 0 Å². The standard InChI is InChI=1S/C13H24OSi/c1-5-9-10-14-15(11-6-2,12-7-3)13-8-4/h6-8H,2-5,9-13H2,1H3. The van der Waals surface area contributed by atoms with Crippen LogP contribution in [0.15, 0.2) is 38.0 Å². The van der Waals surface area contributed by atoms with Gasteiger partial charge in [0, 0.05) is 6.61 Å². The van der Waals surface area contributed by atoms with E-state index in [-0.39, 0.29) is 0 Å². The summed E-state index contributed by atoms with van der Waals surface area (Å²) in [6, 6.07) is 2.98. The van der Waals surface area contributed by atoms with Crippen LogP contribution in [-0.4, -0.2) is 14.9 Å². The Morgan fingerprint density at radius 2 is 1.47 bits per heavy atom. The Balaban J connectivity index is 4.36. The van der Waals surface area contributed by atoms with Crippen molar-refractivity contribution in [3.8, 4) is 0 Å². The summed E-state index contributed by atoms with van der Waals surface area (Å²) in [7, 11) is -1.69. The molecule has 15 heavy (non-hydrogen) atoms. The molecule has 1 nitrogen and oxygen atoms in total. The van der Waals surface area contributed by atoms with Crippen LogP contribution >= 0.6 is 0 Å². The molecule has 0 aromatic rings. The molecule has 2 heteroatoms. The number of allylic oxidation sites excluding steroid dienone is 3. The molecular weight excluding hydrogens is 200 g/mol. The molecule has 0 amide bonds. The van der Waals surface area contributed by atoms with Crippen LogP contribution in [0.5, 0.6) is 0 Å². The predicted molar refractivity (Wildman–Crippen MR) is 71.6 cm³/mol. The van der Waals surface area contributed by atoms with Gasteiger partial charge in [0.2, 0.25) is 8.32 Å². The lowest BCUT2D eigenvalue weighted by Crippen LogP contribution is -2.36. The second kappa shape index (κ2) is 8.68. The van der Waals surface area contributed by atoms with Crippen molar-refractivity contribution in [1.82, 2.24) is 0 Å². The van der Waals surface area contributed by atoms with E-state index in [1.807, 2.05) is 18.2 Å². The van der Waals surface area contributed by atoms with E-state index in [0.29, 0.717) is 0 Å². The zero-order chi connectivity index (χ0) is 11.6. The number of hydrogen-bond donors (Lipinski definition) is 0. The number of hydrogen-bond acceptors (Lipinski definition) is 1. The zero-order valence-electron chi connectivity index (χ0n) is 10.0. The molecule has 0 aliphatic heterocycles. The molecule has 0 N–H and O–H groups in total. The molecule has 0 fully saturated rings. The molecule has 86 valence electrons. The van der Waals surface area contributed by atoms with Gasteiger partial charge < -0.3 is 4.43 Å². The summed E-state index contributed by atoms with van der Waals surface area (Å²) in [6.45, 7) is 14.5. The van der Waals surface area contributed by atoms with Crippen molar-refractivity contribution in [2.75, 3.05) is 6.61 Å². The average Bonchev–Trinajstić information content (AvgIpc) is 2.19. The minimum Gasteiger partial charge on any atom is -0.416 e. The van der Waals surface area contributed by atoms with E-state index < -0.39 is 8.32 Å². The normalized spacial score (nSPS) is 11.0. The highest BCUT2D eigenvalue weighted by Crippen LogP contribution is 2.24. The number of unbranched alkanes of at least 4 members (excludes halogenated alkanes) is 1. The van der Waals surface area contributed by atoms with Crippen molar-refractivity contribution >= 4 is 8.32 Å². The van der Waals surface area contributed by atoms with E-state index in [1.165, 1.54) is 6.42 Å². The largest absolute Gasteiger partial charge is 0.416 e. The fourth-order valence-electron chi connectivity index (χ4n) is 1.65. The van der Waals surface area contributed by atoms with Crippen molar-refractivity contribution in [3.05, 3.63) is 38.0 Å². The summed E-state index contributed by atoms with van der Waals surface area (Å²) in [5.74, 6) is 0. The molecule has 0 spiro atoms. The fraction of sp³-hybridized carbons (Fsp3) is 0.538. The van der Waals surface area contributed by atoms with Gasteiger partial charge in [-0.25, -0.2) is 0 Å². The van der Waals surface area contributed by atoms with Gasteiger partial charge in [0.25, 0.3) is 0 Å². The van der Waals surface area contributed by atoms with Crippen molar-refractivity contribution in [3.63, 3.8) is 0 Å². The molecule has 0 atom stereocenters. The number of rotatable bonds is 10. The van der Waals surface area contributed by atoms with Crippen LogP contribution in [0.4, 0.5) is 0 Å². The molecule has 0 saturated heterocycles. The van der Waals surface area contributed by atoms with E-state index >= 15 is 0 Å². The van der Waals surface area contributed by atoms with Gasteiger partial charge in [-0.2, -0.15) is 0 Å². The Hall–Kier alpha value is -0.603. The quantitative estimate of drug-likeness (QED) is 0.305. The van der Waals surface area contributed by atoms with Gasteiger partial charge in [0.1, 0.15) is 0 Å². The van der Waals surface area contributed by atoms with Gasteiger partial charge in [-0.1, -0.05) is 31.6 Å². The molecule has 0 aliphatic rings. The van der Waals surface area contributed by atoms with E-state index in [0.717, 1.165) is 31.2 Å². The van der Waals surface area contributed by atoms with Gasteiger partial charge in [0.15, 0.2) is 0 Å². The molecule has 0 aromatic carbocycles. The third kappa shape index (κ3) is 5.75. The highest BCUT2D eigenvalue weighted by atomic mass is 28.4. The summed E-state index contributed by atoms with van der Waals surface area (Å²) in [5, 5.41) is 0. The maximum absolute atomic E-state index is 6.12. The van der Waals surface area contributed by atoms with Crippen LogP contribution in [0.1, 0.15) is 19.8 Å². The van der Waals surface area contributed by atoms with Crippen LogP contribution in [-0.2, 0) is 4.43 Å². The Kier molecular flexibility index (Phi) is 8.34. The molecule has 0 aliphatic carbocycles. The molecule has 0 radical (unpaired) electrons. The Labute approximate surface area is 95.7 Å². The third-order valence-corrected chi connectivity index (χ3v) is 6.37. The van der Waals surface area contributed by atoms with Crippen LogP contribution < -0.4 is 0 Å². The Morgan fingerprint density at radius 1 is 1.00 bits per heavy atom. The summed E-state index contributed by atoms with van der Waals surface area (Å²) >= 11 is 0. The van der Waals surface area contributed by atoms with Crippen molar-refractivity contribution < 1.29 is 4.43 Å². The average molecular weight is 224 g/mol. The molecule has 0 saturated carbocycles. The van der Waals surface area contributed by atoms with E-state index in [9.17, 15) is 0 Å². The molecule has 0 heterocycles. The predicted octanol–water partition coefficient (Wildman–Crippen LogP) is 4.31. The lowest BCUT2D eigenvalue weighted by molar-refractivity contribution is 0.295. The first-order valence-corrected chi connectivity index (χ1v) is 8.24. The molecule has 0 aromatic heterocycles. The smallest absolute Gasteiger partial charge is 0.203 e. The van der Waals surface area contributed by atoms with Gasteiger partial charge in [-0.05, 0) is 24.6 Å². The summed E-state index contributed by atoms with van der Waals surface area (Å²) < 4.78 is 6.12. The summed E-state index contributed by atoms with van der Waals surface area (Å²) in [5.41, 5.74) is 0. The fourth-order valence-corrected chi connectivity index (χ4v) is 4.66. The second-order valence-corrected chi connectivity index (χ2v) is 7.74. The maximum atomic E-state index is 6.12. The monoisotopic (exact) mass is 224 g/mol. The maximum Gasteiger partial charge on any atom is 0.203 e. The highest BCUT2D eigenvalue weighted by molar-refractivity contribution is 6.75. The van der Waals surface area contributed by atoms with E-state index in [1.54, 1.807) is 0 Å². The van der Waals surface area contributed by atoms with Crippen LogP contribution in [0.3, 0.4) is 0 Å². The van der Waals surface area contributed by atoms with Gasteiger partial charge >= 0.3 is 0 Å². The van der Waals surface area contributed by atoms with Crippen molar-refractivity contribution in [2.24, 2.45) is 0 Å². The summed E-state index contributed by atoms with van der Waals surface area (Å²) in [4.78, 5) is 0. The second-order valence-electron chi connectivity index (χ2n) is 3.86. The molecule has 0 unspecified atom stereocenters.